The number of amides is 2. The minimum Gasteiger partial charge on any atom is -0.495 e. The number of anilines is 3. The van der Waals surface area contributed by atoms with Gasteiger partial charge in [0, 0.05) is 32.2 Å². The standard InChI is InChI=1S/C21H24ClN5O4/c1-25-17-11-14(23-20(28)24-15-10-13(22)4-5-19(15)30-3)16(27-6-8-31-9-7-27)12-18(17)26(2)21(25)29/h4-5,10-12H,6-9H2,1-3H3,(H2,23,24,28). The predicted molar refractivity (Wildman–Crippen MR) is 122 cm³/mol. The second-order valence-corrected chi connectivity index (χ2v) is 7.72. The van der Waals surface area contributed by atoms with Crippen molar-refractivity contribution in [2.75, 3.05) is 48.9 Å². The molecular weight excluding hydrogens is 422 g/mol. The van der Waals surface area contributed by atoms with Crippen molar-refractivity contribution in [2.24, 2.45) is 14.1 Å². The van der Waals surface area contributed by atoms with Crippen molar-refractivity contribution >= 4 is 45.7 Å². The summed E-state index contributed by atoms with van der Waals surface area (Å²) in [6, 6.07) is 8.28. The fraction of sp³-hybridized carbons (Fsp3) is 0.333. The average Bonchev–Trinajstić information content (AvgIpc) is 2.97. The van der Waals surface area contributed by atoms with Gasteiger partial charge in [0.15, 0.2) is 0 Å². The van der Waals surface area contributed by atoms with Crippen LogP contribution in [0.3, 0.4) is 0 Å². The summed E-state index contributed by atoms with van der Waals surface area (Å²) in [5, 5.41) is 6.18. The molecular formula is C21H24ClN5O4. The van der Waals surface area contributed by atoms with E-state index in [-0.39, 0.29) is 5.69 Å². The van der Waals surface area contributed by atoms with Crippen molar-refractivity contribution in [3.8, 4) is 5.75 Å². The zero-order valence-electron chi connectivity index (χ0n) is 17.6. The van der Waals surface area contributed by atoms with E-state index in [4.69, 9.17) is 21.1 Å². The van der Waals surface area contributed by atoms with Crippen LogP contribution in [0, 0.1) is 0 Å². The molecule has 31 heavy (non-hydrogen) atoms. The Kier molecular flexibility index (Phi) is 5.79. The lowest BCUT2D eigenvalue weighted by Gasteiger charge is -2.30. The van der Waals surface area contributed by atoms with Crippen LogP contribution >= 0.6 is 11.6 Å². The van der Waals surface area contributed by atoms with Gasteiger partial charge in [-0.2, -0.15) is 0 Å². The number of ether oxygens (including phenoxy) is 2. The summed E-state index contributed by atoms with van der Waals surface area (Å²) in [4.78, 5) is 27.4. The molecule has 1 saturated heterocycles. The van der Waals surface area contributed by atoms with Crippen molar-refractivity contribution in [1.82, 2.24) is 9.13 Å². The van der Waals surface area contributed by atoms with Crippen molar-refractivity contribution in [3.05, 3.63) is 45.8 Å². The number of imidazole rings is 1. The highest BCUT2D eigenvalue weighted by Crippen LogP contribution is 2.32. The number of morpholine rings is 1. The molecule has 2 aromatic carbocycles. The topological polar surface area (TPSA) is 89.8 Å². The zero-order chi connectivity index (χ0) is 22.1. The lowest BCUT2D eigenvalue weighted by Crippen LogP contribution is -2.37. The van der Waals surface area contributed by atoms with Crippen LogP contribution in [0.5, 0.6) is 5.75 Å². The Labute approximate surface area is 184 Å². The number of nitrogens with one attached hydrogen (secondary N) is 2. The van der Waals surface area contributed by atoms with E-state index in [9.17, 15) is 9.59 Å². The Morgan fingerprint density at radius 1 is 1.03 bits per heavy atom. The van der Waals surface area contributed by atoms with Gasteiger partial charge in [-0.25, -0.2) is 9.59 Å². The van der Waals surface area contributed by atoms with Gasteiger partial charge in [0.05, 0.1) is 48.4 Å². The van der Waals surface area contributed by atoms with Gasteiger partial charge in [-0.05, 0) is 30.3 Å². The first-order valence-electron chi connectivity index (χ1n) is 9.82. The van der Waals surface area contributed by atoms with E-state index < -0.39 is 6.03 Å². The first-order chi connectivity index (χ1) is 14.9. The number of hydrogen-bond acceptors (Lipinski definition) is 5. The summed E-state index contributed by atoms with van der Waals surface area (Å²) in [5.41, 5.74) is 3.25. The van der Waals surface area contributed by atoms with Crippen molar-refractivity contribution in [2.45, 2.75) is 0 Å². The van der Waals surface area contributed by atoms with E-state index in [1.807, 2.05) is 12.1 Å². The highest BCUT2D eigenvalue weighted by Gasteiger charge is 2.20. The van der Waals surface area contributed by atoms with E-state index in [2.05, 4.69) is 15.5 Å². The molecule has 1 aromatic heterocycles. The third kappa shape index (κ3) is 4.06. The quantitative estimate of drug-likeness (QED) is 0.644. The van der Waals surface area contributed by atoms with Crippen LogP contribution < -0.4 is 26.0 Å². The Morgan fingerprint density at radius 2 is 1.68 bits per heavy atom. The molecule has 0 unspecified atom stereocenters. The van der Waals surface area contributed by atoms with Gasteiger partial charge < -0.3 is 25.0 Å². The van der Waals surface area contributed by atoms with Crippen LogP contribution in [0.1, 0.15) is 0 Å². The molecule has 2 amide bonds. The first-order valence-corrected chi connectivity index (χ1v) is 10.2. The van der Waals surface area contributed by atoms with Crippen molar-refractivity contribution in [1.29, 1.82) is 0 Å². The Bertz CT molecular complexity index is 1200. The number of halogens is 1. The third-order valence-electron chi connectivity index (χ3n) is 5.40. The lowest BCUT2D eigenvalue weighted by molar-refractivity contribution is 0.123. The molecule has 164 valence electrons. The summed E-state index contributed by atoms with van der Waals surface area (Å²) in [7, 11) is 4.96. The lowest BCUT2D eigenvalue weighted by atomic mass is 10.2. The summed E-state index contributed by atoms with van der Waals surface area (Å²) in [6.45, 7) is 2.56. The molecule has 10 heteroatoms. The number of carbonyl (C=O) groups excluding carboxylic acids is 1. The number of carbonyl (C=O) groups is 1. The third-order valence-corrected chi connectivity index (χ3v) is 5.63. The smallest absolute Gasteiger partial charge is 0.328 e. The molecule has 0 spiro atoms. The highest BCUT2D eigenvalue weighted by molar-refractivity contribution is 6.31. The number of fused-ring (bicyclic) bond motifs is 1. The summed E-state index contributed by atoms with van der Waals surface area (Å²) < 4.78 is 13.9. The van der Waals surface area contributed by atoms with Crippen molar-refractivity contribution in [3.63, 3.8) is 0 Å². The molecule has 2 heterocycles. The van der Waals surface area contributed by atoms with Crippen LogP contribution in [0.2, 0.25) is 5.02 Å². The van der Waals surface area contributed by atoms with E-state index in [1.165, 1.54) is 7.11 Å². The zero-order valence-corrected chi connectivity index (χ0v) is 18.3. The van der Waals surface area contributed by atoms with Crippen LogP contribution in [0.4, 0.5) is 21.9 Å². The highest BCUT2D eigenvalue weighted by atomic mass is 35.5. The van der Waals surface area contributed by atoms with Crippen LogP contribution in [0.25, 0.3) is 11.0 Å². The monoisotopic (exact) mass is 445 g/mol. The molecule has 0 atom stereocenters. The molecule has 0 bridgehead atoms. The minimum atomic E-state index is -0.449. The van der Waals surface area contributed by atoms with Gasteiger partial charge in [-0.1, -0.05) is 11.6 Å². The molecule has 2 N–H and O–H groups in total. The number of rotatable bonds is 4. The molecule has 0 saturated carbocycles. The van der Waals surface area contributed by atoms with E-state index >= 15 is 0 Å². The number of methoxy groups -OCH3 is 1. The molecule has 1 aliphatic heterocycles. The molecule has 9 nitrogen and oxygen atoms in total. The number of benzene rings is 2. The van der Waals surface area contributed by atoms with Gasteiger partial charge in [0.1, 0.15) is 5.75 Å². The Morgan fingerprint density at radius 3 is 2.35 bits per heavy atom. The normalized spacial score (nSPS) is 14.0. The van der Waals surface area contributed by atoms with Gasteiger partial charge in [0.25, 0.3) is 0 Å². The summed E-state index contributed by atoms with van der Waals surface area (Å²) in [5.74, 6) is 0.494. The maximum atomic E-state index is 12.9. The second-order valence-electron chi connectivity index (χ2n) is 7.28. The molecule has 4 rings (SSSR count). The largest absolute Gasteiger partial charge is 0.495 e. The van der Waals surface area contributed by atoms with Crippen LogP contribution in [-0.4, -0.2) is 48.6 Å². The number of aryl methyl sites for hydroxylation is 2. The number of nitrogens with zero attached hydrogens (tertiary/aromatic N) is 3. The van der Waals surface area contributed by atoms with Crippen LogP contribution in [-0.2, 0) is 18.8 Å². The molecule has 1 aliphatic rings. The number of urea groups is 1. The van der Waals surface area contributed by atoms with Gasteiger partial charge in [-0.15, -0.1) is 0 Å². The first kappa shape index (κ1) is 21.1. The maximum absolute atomic E-state index is 12.9. The van der Waals surface area contributed by atoms with Crippen LogP contribution in [0.15, 0.2) is 35.1 Å². The minimum absolute atomic E-state index is 0.131. The SMILES string of the molecule is COc1ccc(Cl)cc1NC(=O)Nc1cc2c(cc1N1CCOCC1)n(C)c(=O)n2C. The summed E-state index contributed by atoms with van der Waals surface area (Å²) in [6.07, 6.45) is 0. The Balaban J connectivity index is 1.71. The predicted octanol–water partition coefficient (Wildman–Crippen LogP) is 3.02. The number of hydrogen-bond donors (Lipinski definition) is 2. The average molecular weight is 446 g/mol. The number of aromatic nitrogens is 2. The van der Waals surface area contributed by atoms with E-state index in [1.54, 1.807) is 41.4 Å². The van der Waals surface area contributed by atoms with E-state index in [0.29, 0.717) is 48.5 Å². The fourth-order valence-electron chi connectivity index (χ4n) is 3.75. The summed E-state index contributed by atoms with van der Waals surface area (Å²) >= 11 is 6.06. The van der Waals surface area contributed by atoms with Crippen molar-refractivity contribution < 1.29 is 14.3 Å². The molecule has 0 aliphatic carbocycles. The molecule has 1 fully saturated rings. The van der Waals surface area contributed by atoms with E-state index in [0.717, 1.165) is 16.7 Å². The van der Waals surface area contributed by atoms with Gasteiger partial charge in [0.2, 0.25) is 0 Å². The maximum Gasteiger partial charge on any atom is 0.328 e. The molecule has 3 aromatic rings. The van der Waals surface area contributed by atoms with Gasteiger partial charge in [-0.3, -0.25) is 9.13 Å². The Hall–Kier alpha value is -3.17. The fourth-order valence-corrected chi connectivity index (χ4v) is 3.93. The second kappa shape index (κ2) is 8.52. The van der Waals surface area contributed by atoms with Gasteiger partial charge >= 0.3 is 11.7 Å². The molecule has 0 radical (unpaired) electrons.